The van der Waals surface area contributed by atoms with E-state index >= 15 is 0 Å². The summed E-state index contributed by atoms with van der Waals surface area (Å²) in [6.45, 7) is 4.71. The molecule has 7 heteroatoms. The van der Waals surface area contributed by atoms with E-state index in [1.165, 1.54) is 16.9 Å². The molecule has 0 radical (unpaired) electrons. The molecule has 1 aromatic heterocycles. The highest BCUT2D eigenvalue weighted by molar-refractivity contribution is 7.18. The Hall–Kier alpha value is -3.06. The Morgan fingerprint density at radius 1 is 1.23 bits per heavy atom. The average Bonchev–Trinajstić information content (AvgIpc) is 3.49. The van der Waals surface area contributed by atoms with Crippen molar-refractivity contribution in [3.63, 3.8) is 0 Å². The third-order valence-electron chi connectivity index (χ3n) is 5.62. The Labute approximate surface area is 179 Å². The fourth-order valence-corrected chi connectivity index (χ4v) is 4.72. The lowest BCUT2D eigenvalue weighted by molar-refractivity contribution is -0.129. The number of amides is 1. The van der Waals surface area contributed by atoms with E-state index in [9.17, 15) is 4.79 Å². The van der Waals surface area contributed by atoms with E-state index in [2.05, 4.69) is 39.6 Å². The van der Waals surface area contributed by atoms with Crippen LogP contribution in [-0.2, 0) is 17.8 Å². The van der Waals surface area contributed by atoms with Crippen molar-refractivity contribution in [2.24, 2.45) is 10.9 Å². The summed E-state index contributed by atoms with van der Waals surface area (Å²) < 4.78 is 0. The van der Waals surface area contributed by atoms with Crippen LogP contribution in [0.2, 0.25) is 0 Å². The van der Waals surface area contributed by atoms with Gasteiger partial charge >= 0.3 is 0 Å². The van der Waals surface area contributed by atoms with Gasteiger partial charge in [-0.05, 0) is 47.2 Å². The van der Waals surface area contributed by atoms with Gasteiger partial charge in [0.05, 0.1) is 13.0 Å². The number of carbonyl (C=O) groups is 1. The second-order valence-electron chi connectivity index (χ2n) is 8.03. The number of anilines is 2. The molecule has 30 heavy (non-hydrogen) atoms. The number of hydrogen-bond acceptors (Lipinski definition) is 6. The molecule has 1 fully saturated rings. The second-order valence-corrected chi connectivity index (χ2v) is 9.01. The summed E-state index contributed by atoms with van der Waals surface area (Å²) in [7, 11) is 0. The van der Waals surface area contributed by atoms with Gasteiger partial charge in [-0.2, -0.15) is 0 Å². The molecule has 0 bridgehead atoms. The number of benzene rings is 2. The van der Waals surface area contributed by atoms with Gasteiger partial charge in [-0.1, -0.05) is 42.5 Å². The SMILES string of the molecule is CC1CCN(C(=O)Cc2cccc(-c3nnc(Nc4ccc5c(c4)C=NC5)s3)c2)C1. The van der Waals surface area contributed by atoms with Crippen LogP contribution in [0.25, 0.3) is 10.6 Å². The zero-order chi connectivity index (χ0) is 20.5. The van der Waals surface area contributed by atoms with E-state index in [1.807, 2.05) is 41.4 Å². The first-order valence-corrected chi connectivity index (χ1v) is 11.1. The second kappa shape index (κ2) is 7.99. The first-order valence-electron chi connectivity index (χ1n) is 10.2. The number of fused-ring (bicyclic) bond motifs is 1. The van der Waals surface area contributed by atoms with Crippen LogP contribution in [0.15, 0.2) is 47.5 Å². The summed E-state index contributed by atoms with van der Waals surface area (Å²) >= 11 is 1.50. The molecule has 3 aromatic rings. The van der Waals surface area contributed by atoms with E-state index in [0.29, 0.717) is 12.3 Å². The molecular formula is C23H23N5OS. The summed E-state index contributed by atoms with van der Waals surface area (Å²) in [5.41, 5.74) is 5.37. The molecule has 1 amide bonds. The van der Waals surface area contributed by atoms with Gasteiger partial charge in [0.2, 0.25) is 11.0 Å². The summed E-state index contributed by atoms with van der Waals surface area (Å²) in [5, 5.41) is 13.6. The smallest absolute Gasteiger partial charge is 0.226 e. The van der Waals surface area contributed by atoms with Gasteiger partial charge in [-0.3, -0.25) is 9.79 Å². The van der Waals surface area contributed by atoms with Crippen molar-refractivity contribution < 1.29 is 4.79 Å². The molecule has 1 unspecified atom stereocenters. The van der Waals surface area contributed by atoms with Gasteiger partial charge in [-0.25, -0.2) is 0 Å². The summed E-state index contributed by atoms with van der Waals surface area (Å²) in [5.74, 6) is 0.807. The number of nitrogens with one attached hydrogen (secondary N) is 1. The van der Waals surface area contributed by atoms with E-state index < -0.39 is 0 Å². The molecule has 1 N–H and O–H groups in total. The molecule has 0 spiro atoms. The highest BCUT2D eigenvalue weighted by Gasteiger charge is 2.23. The van der Waals surface area contributed by atoms with Gasteiger partial charge in [0.25, 0.3) is 0 Å². The van der Waals surface area contributed by atoms with Crippen molar-refractivity contribution in [1.29, 1.82) is 0 Å². The van der Waals surface area contributed by atoms with E-state index in [0.717, 1.165) is 58.6 Å². The third-order valence-corrected chi connectivity index (χ3v) is 6.51. The molecule has 6 nitrogen and oxygen atoms in total. The van der Waals surface area contributed by atoms with Crippen molar-refractivity contribution >= 4 is 34.3 Å². The lowest BCUT2D eigenvalue weighted by Crippen LogP contribution is -2.29. The van der Waals surface area contributed by atoms with Gasteiger partial charge in [0, 0.05) is 30.6 Å². The minimum atomic E-state index is 0.205. The number of likely N-dealkylation sites (tertiary alicyclic amines) is 1. The minimum Gasteiger partial charge on any atom is -0.342 e. The normalized spacial score (nSPS) is 17.4. The first kappa shape index (κ1) is 18.9. The third kappa shape index (κ3) is 3.98. The van der Waals surface area contributed by atoms with Gasteiger partial charge in [-0.15, -0.1) is 10.2 Å². The topological polar surface area (TPSA) is 70.5 Å². The monoisotopic (exact) mass is 417 g/mol. The maximum atomic E-state index is 12.6. The van der Waals surface area contributed by atoms with Gasteiger partial charge < -0.3 is 10.2 Å². The molecule has 152 valence electrons. The van der Waals surface area contributed by atoms with Crippen LogP contribution in [0, 0.1) is 5.92 Å². The Morgan fingerprint density at radius 3 is 3.03 bits per heavy atom. The van der Waals surface area contributed by atoms with Crippen LogP contribution >= 0.6 is 11.3 Å². The summed E-state index contributed by atoms with van der Waals surface area (Å²) in [6.07, 6.45) is 3.44. The number of carbonyl (C=O) groups excluding carboxylic acids is 1. The van der Waals surface area contributed by atoms with E-state index in [-0.39, 0.29) is 5.91 Å². The molecule has 3 heterocycles. The van der Waals surface area contributed by atoms with Crippen LogP contribution in [0.5, 0.6) is 0 Å². The molecule has 5 rings (SSSR count). The Kier molecular flexibility index (Phi) is 5.04. The minimum absolute atomic E-state index is 0.205. The number of rotatable bonds is 5. The molecule has 1 saturated heterocycles. The summed E-state index contributed by atoms with van der Waals surface area (Å²) in [6, 6.07) is 14.3. The molecule has 0 saturated carbocycles. The highest BCUT2D eigenvalue weighted by atomic mass is 32.1. The van der Waals surface area contributed by atoms with Crippen molar-refractivity contribution in [3.05, 3.63) is 59.2 Å². The molecule has 0 aliphatic carbocycles. The average molecular weight is 418 g/mol. The lowest BCUT2D eigenvalue weighted by Gasteiger charge is -2.16. The maximum absolute atomic E-state index is 12.6. The van der Waals surface area contributed by atoms with Gasteiger partial charge in [0.1, 0.15) is 5.01 Å². The number of nitrogens with zero attached hydrogens (tertiary/aromatic N) is 4. The fraction of sp³-hybridized carbons (Fsp3) is 0.304. The van der Waals surface area contributed by atoms with Crippen molar-refractivity contribution in [3.8, 4) is 10.6 Å². The van der Waals surface area contributed by atoms with Crippen LogP contribution < -0.4 is 5.32 Å². The maximum Gasteiger partial charge on any atom is 0.226 e. The van der Waals surface area contributed by atoms with Crippen LogP contribution in [0.3, 0.4) is 0 Å². The zero-order valence-corrected chi connectivity index (χ0v) is 17.7. The highest BCUT2D eigenvalue weighted by Crippen LogP contribution is 2.30. The molecule has 1 atom stereocenters. The Morgan fingerprint density at radius 2 is 2.17 bits per heavy atom. The van der Waals surface area contributed by atoms with Crippen molar-refractivity contribution in [2.45, 2.75) is 26.3 Å². The largest absolute Gasteiger partial charge is 0.342 e. The molecule has 2 aromatic carbocycles. The van der Waals surface area contributed by atoms with Gasteiger partial charge in [0.15, 0.2) is 0 Å². The lowest BCUT2D eigenvalue weighted by atomic mass is 10.1. The predicted octanol–water partition coefficient (Wildman–Crippen LogP) is 4.29. The quantitative estimate of drug-likeness (QED) is 0.672. The van der Waals surface area contributed by atoms with Crippen LogP contribution in [0.1, 0.15) is 30.0 Å². The molecular weight excluding hydrogens is 394 g/mol. The van der Waals surface area contributed by atoms with Crippen molar-refractivity contribution in [1.82, 2.24) is 15.1 Å². The number of aromatic nitrogens is 2. The van der Waals surface area contributed by atoms with E-state index in [1.54, 1.807) is 0 Å². The molecule has 2 aliphatic heterocycles. The Balaban J connectivity index is 1.28. The van der Waals surface area contributed by atoms with Crippen LogP contribution in [0.4, 0.5) is 10.8 Å². The van der Waals surface area contributed by atoms with Crippen LogP contribution in [-0.4, -0.2) is 40.3 Å². The first-order chi connectivity index (χ1) is 14.6. The number of aliphatic imine (C=N–C) groups is 1. The standard InChI is InChI=1S/C23H23N5OS/c1-15-7-8-28(14-15)21(29)10-16-3-2-4-17(9-16)22-26-27-23(30-22)25-20-6-5-18-12-24-13-19(18)11-20/h2-6,9,11,13,15H,7-8,10,12,14H2,1H3,(H,25,27). The number of hydrogen-bond donors (Lipinski definition) is 1. The molecule has 2 aliphatic rings. The fourth-order valence-electron chi connectivity index (χ4n) is 3.96. The zero-order valence-electron chi connectivity index (χ0n) is 16.8. The van der Waals surface area contributed by atoms with Crippen molar-refractivity contribution in [2.75, 3.05) is 18.4 Å². The Bertz CT molecular complexity index is 1120. The predicted molar refractivity (Wildman–Crippen MR) is 120 cm³/mol. The van der Waals surface area contributed by atoms with E-state index in [4.69, 9.17) is 0 Å². The summed E-state index contributed by atoms with van der Waals surface area (Å²) in [4.78, 5) is 18.9.